The molecule has 0 spiro atoms. The van der Waals surface area contributed by atoms with Gasteiger partial charge in [-0.2, -0.15) is 0 Å². The van der Waals surface area contributed by atoms with Crippen LogP contribution in [0.3, 0.4) is 0 Å². The molecule has 0 radical (unpaired) electrons. The predicted octanol–water partition coefficient (Wildman–Crippen LogP) is 1.67. The lowest BCUT2D eigenvalue weighted by molar-refractivity contribution is 0.0951. The van der Waals surface area contributed by atoms with Crippen molar-refractivity contribution < 1.29 is 4.79 Å². The van der Waals surface area contributed by atoms with E-state index in [9.17, 15) is 4.79 Å². The van der Waals surface area contributed by atoms with E-state index >= 15 is 0 Å². The van der Waals surface area contributed by atoms with E-state index in [4.69, 9.17) is 5.84 Å². The zero-order valence-corrected chi connectivity index (χ0v) is 10.8. The zero-order chi connectivity index (χ0) is 13.0. The molecule has 1 aromatic carbocycles. The van der Waals surface area contributed by atoms with E-state index in [0.717, 1.165) is 16.1 Å². The summed E-state index contributed by atoms with van der Waals surface area (Å²) in [7, 11) is 0. The molecule has 1 heterocycles. The normalized spacial score (nSPS) is 10.1. The Hall–Kier alpha value is -1.92. The summed E-state index contributed by atoms with van der Waals surface area (Å²) in [6.45, 7) is 2.40. The van der Waals surface area contributed by atoms with Crippen LogP contribution >= 0.6 is 11.3 Å². The second kappa shape index (κ2) is 5.61. The second-order valence-corrected chi connectivity index (χ2v) is 4.80. The van der Waals surface area contributed by atoms with Crippen LogP contribution in [0.25, 0.3) is 0 Å². The number of amides is 1. The minimum atomic E-state index is -0.102. The van der Waals surface area contributed by atoms with Gasteiger partial charge in [0.2, 0.25) is 0 Å². The number of rotatable bonds is 4. The number of aryl methyl sites for hydroxylation is 1. The highest BCUT2D eigenvalue weighted by Gasteiger charge is 2.07. The van der Waals surface area contributed by atoms with E-state index < -0.39 is 0 Å². The van der Waals surface area contributed by atoms with Gasteiger partial charge in [-0.05, 0) is 30.7 Å². The first-order chi connectivity index (χ1) is 8.70. The molecule has 4 N–H and O–H groups in total. The molecule has 0 aliphatic carbocycles. The van der Waals surface area contributed by atoms with Gasteiger partial charge in [-0.1, -0.05) is 0 Å². The molecule has 94 valence electrons. The minimum Gasteiger partial charge on any atom is -0.347 e. The third kappa shape index (κ3) is 2.85. The predicted molar refractivity (Wildman–Crippen MR) is 72.3 cm³/mol. The number of hydrogen-bond acceptors (Lipinski definition) is 5. The fourth-order valence-corrected chi connectivity index (χ4v) is 2.10. The number of hydrogen-bond donors (Lipinski definition) is 3. The van der Waals surface area contributed by atoms with E-state index in [1.807, 2.05) is 6.92 Å². The summed E-state index contributed by atoms with van der Waals surface area (Å²) < 4.78 is 0. The number of nitrogens with zero attached hydrogens (tertiary/aromatic N) is 1. The lowest BCUT2D eigenvalue weighted by Gasteiger charge is -2.08. The van der Waals surface area contributed by atoms with Crippen LogP contribution in [0.2, 0.25) is 0 Å². The number of carbonyl (C=O) groups is 1. The third-order valence-corrected chi connectivity index (χ3v) is 3.33. The van der Waals surface area contributed by atoms with Gasteiger partial charge in [0.05, 0.1) is 17.7 Å². The van der Waals surface area contributed by atoms with Crippen molar-refractivity contribution in [3.8, 4) is 0 Å². The highest BCUT2D eigenvalue weighted by Crippen LogP contribution is 2.15. The Morgan fingerprint density at radius 1 is 1.50 bits per heavy atom. The average molecular weight is 262 g/mol. The van der Waals surface area contributed by atoms with E-state index in [1.54, 1.807) is 29.9 Å². The van der Waals surface area contributed by atoms with Crippen molar-refractivity contribution in [1.82, 2.24) is 10.3 Å². The van der Waals surface area contributed by atoms with E-state index in [0.29, 0.717) is 12.1 Å². The maximum Gasteiger partial charge on any atom is 0.251 e. The number of benzene rings is 1. The topological polar surface area (TPSA) is 80.0 Å². The largest absolute Gasteiger partial charge is 0.347 e. The first-order valence-corrected chi connectivity index (χ1v) is 6.31. The SMILES string of the molecule is Cc1cc(C(=O)NCc2cncs2)ccc1NN. The van der Waals surface area contributed by atoms with Gasteiger partial charge in [0.25, 0.3) is 5.91 Å². The number of hydrazine groups is 1. The van der Waals surface area contributed by atoms with Crippen LogP contribution in [0.5, 0.6) is 0 Å². The summed E-state index contributed by atoms with van der Waals surface area (Å²) in [5.74, 6) is 5.24. The van der Waals surface area contributed by atoms with Gasteiger partial charge in [0.1, 0.15) is 0 Å². The molecule has 0 bridgehead atoms. The third-order valence-electron chi connectivity index (χ3n) is 2.55. The Morgan fingerprint density at radius 2 is 2.33 bits per heavy atom. The Kier molecular flexibility index (Phi) is 3.91. The molecular weight excluding hydrogens is 248 g/mol. The van der Waals surface area contributed by atoms with Gasteiger partial charge in [0.15, 0.2) is 0 Å². The van der Waals surface area contributed by atoms with Crippen LogP contribution in [0, 0.1) is 6.92 Å². The summed E-state index contributed by atoms with van der Waals surface area (Å²) >= 11 is 1.52. The standard InChI is InChI=1S/C12H14N4OS/c1-8-4-9(2-3-11(8)16-13)12(17)15-6-10-5-14-7-18-10/h2-5,7,16H,6,13H2,1H3,(H,15,17). The van der Waals surface area contributed by atoms with Crippen LogP contribution in [0.4, 0.5) is 5.69 Å². The van der Waals surface area contributed by atoms with Crippen LogP contribution < -0.4 is 16.6 Å². The van der Waals surface area contributed by atoms with Gasteiger partial charge in [0, 0.05) is 16.6 Å². The van der Waals surface area contributed by atoms with E-state index in [-0.39, 0.29) is 5.91 Å². The van der Waals surface area contributed by atoms with Gasteiger partial charge in [-0.15, -0.1) is 11.3 Å². The van der Waals surface area contributed by atoms with Crippen molar-refractivity contribution >= 4 is 22.9 Å². The van der Waals surface area contributed by atoms with Gasteiger partial charge < -0.3 is 10.7 Å². The summed E-state index contributed by atoms with van der Waals surface area (Å²) in [4.78, 5) is 16.9. The molecule has 0 fully saturated rings. The molecule has 0 aliphatic rings. The smallest absolute Gasteiger partial charge is 0.251 e. The van der Waals surface area contributed by atoms with Crippen molar-refractivity contribution in [3.05, 3.63) is 45.9 Å². The van der Waals surface area contributed by atoms with Gasteiger partial charge >= 0.3 is 0 Å². The van der Waals surface area contributed by atoms with Gasteiger partial charge in [-0.25, -0.2) is 0 Å². The Balaban J connectivity index is 2.02. The molecule has 1 aromatic heterocycles. The molecule has 0 saturated carbocycles. The van der Waals surface area contributed by atoms with E-state index in [1.165, 1.54) is 11.3 Å². The van der Waals surface area contributed by atoms with E-state index in [2.05, 4.69) is 15.7 Å². The fourth-order valence-electron chi connectivity index (χ4n) is 1.57. The van der Waals surface area contributed by atoms with Crippen LogP contribution in [-0.4, -0.2) is 10.9 Å². The number of nitrogens with two attached hydrogens (primary N) is 1. The molecule has 18 heavy (non-hydrogen) atoms. The first-order valence-electron chi connectivity index (χ1n) is 5.43. The molecule has 6 heteroatoms. The summed E-state index contributed by atoms with van der Waals surface area (Å²) in [6.07, 6.45) is 1.75. The highest BCUT2D eigenvalue weighted by molar-refractivity contribution is 7.09. The number of nitrogen functional groups attached to an aromatic ring is 1. The summed E-state index contributed by atoms with van der Waals surface area (Å²) in [5, 5.41) is 2.85. The second-order valence-electron chi connectivity index (χ2n) is 3.82. The molecule has 1 amide bonds. The monoisotopic (exact) mass is 262 g/mol. The molecule has 5 nitrogen and oxygen atoms in total. The molecular formula is C12H14N4OS. The van der Waals surface area contributed by atoms with Crippen LogP contribution in [-0.2, 0) is 6.54 Å². The number of anilines is 1. The molecule has 0 atom stereocenters. The van der Waals surface area contributed by atoms with Crippen LogP contribution in [0.15, 0.2) is 29.9 Å². The molecule has 2 aromatic rings. The lowest BCUT2D eigenvalue weighted by Crippen LogP contribution is -2.22. The lowest BCUT2D eigenvalue weighted by atomic mass is 10.1. The zero-order valence-electron chi connectivity index (χ0n) is 9.93. The van der Waals surface area contributed by atoms with Gasteiger partial charge in [-0.3, -0.25) is 15.6 Å². The van der Waals surface area contributed by atoms with Crippen LogP contribution in [0.1, 0.15) is 20.8 Å². The minimum absolute atomic E-state index is 0.102. The Labute approximate surface area is 109 Å². The first kappa shape index (κ1) is 12.5. The van der Waals surface area contributed by atoms with Crippen molar-refractivity contribution in [2.75, 3.05) is 5.43 Å². The molecule has 0 aliphatic heterocycles. The van der Waals surface area contributed by atoms with Crippen molar-refractivity contribution in [3.63, 3.8) is 0 Å². The molecule has 0 unspecified atom stereocenters. The molecule has 0 saturated heterocycles. The number of carbonyl (C=O) groups excluding carboxylic acids is 1. The Bertz CT molecular complexity index is 539. The van der Waals surface area contributed by atoms with Crippen molar-refractivity contribution in [1.29, 1.82) is 0 Å². The maximum atomic E-state index is 11.9. The summed E-state index contributed by atoms with van der Waals surface area (Å²) in [6, 6.07) is 5.33. The average Bonchev–Trinajstić information content (AvgIpc) is 2.89. The van der Waals surface area contributed by atoms with Crippen molar-refractivity contribution in [2.24, 2.45) is 5.84 Å². The molecule has 2 rings (SSSR count). The number of thiazole rings is 1. The number of aromatic nitrogens is 1. The number of nitrogens with one attached hydrogen (secondary N) is 2. The summed E-state index contributed by atoms with van der Waals surface area (Å²) in [5.41, 5.74) is 6.69. The Morgan fingerprint density at radius 3 is 2.94 bits per heavy atom. The maximum absolute atomic E-state index is 11.9. The quantitative estimate of drug-likeness (QED) is 0.578. The van der Waals surface area contributed by atoms with Crippen molar-refractivity contribution in [2.45, 2.75) is 13.5 Å². The highest BCUT2D eigenvalue weighted by atomic mass is 32.1. The fraction of sp³-hybridized carbons (Fsp3) is 0.167.